The summed E-state index contributed by atoms with van der Waals surface area (Å²) < 4.78 is 9.99. The number of rotatable bonds is 5. The third-order valence-corrected chi connectivity index (χ3v) is 3.39. The van der Waals surface area contributed by atoms with Gasteiger partial charge in [0, 0.05) is 0 Å². The first-order valence-electron chi connectivity index (χ1n) is 7.31. The highest BCUT2D eigenvalue weighted by molar-refractivity contribution is 5.87. The topological polar surface area (TPSA) is 93.1 Å². The van der Waals surface area contributed by atoms with Crippen molar-refractivity contribution in [2.75, 3.05) is 0 Å². The zero-order chi connectivity index (χ0) is 17.7. The molecule has 2 atom stereocenters. The lowest BCUT2D eigenvalue weighted by atomic mass is 10.2. The lowest BCUT2D eigenvalue weighted by Gasteiger charge is -2.16. The Morgan fingerprint density at radius 3 is 1.42 bits per heavy atom. The van der Waals surface area contributed by atoms with E-state index in [9.17, 15) is 19.8 Å². The first-order valence-corrected chi connectivity index (χ1v) is 7.31. The van der Waals surface area contributed by atoms with Crippen LogP contribution in [0.4, 0.5) is 0 Å². The average molecular weight is 330 g/mol. The number of ether oxygens (including phenoxy) is 2. The Bertz CT molecular complexity index is 676. The molecule has 0 radical (unpaired) electrons. The quantitative estimate of drug-likeness (QED) is 0.638. The van der Waals surface area contributed by atoms with Gasteiger partial charge >= 0.3 is 11.9 Å². The van der Waals surface area contributed by atoms with Crippen LogP contribution in [0, 0.1) is 13.8 Å². The predicted octanol–water partition coefficient (Wildman–Crippen LogP) is 1.54. The number of carbonyl (C=O) groups excluding carboxylic acids is 2. The summed E-state index contributed by atoms with van der Waals surface area (Å²) in [5.74, 6) is -1.81. The molecule has 2 aromatic carbocycles. The highest BCUT2D eigenvalue weighted by Crippen LogP contribution is 2.19. The molecule has 0 fully saturated rings. The minimum Gasteiger partial charge on any atom is -0.424 e. The van der Waals surface area contributed by atoms with Crippen molar-refractivity contribution in [3.05, 3.63) is 59.7 Å². The molecule has 0 amide bonds. The van der Waals surface area contributed by atoms with Crippen molar-refractivity contribution >= 4 is 11.9 Å². The van der Waals surface area contributed by atoms with Crippen LogP contribution >= 0.6 is 0 Å². The lowest BCUT2D eigenvalue weighted by molar-refractivity contribution is -0.162. The summed E-state index contributed by atoms with van der Waals surface area (Å²) in [6.07, 6.45) is -4.11. The first kappa shape index (κ1) is 17.7. The van der Waals surface area contributed by atoms with E-state index in [2.05, 4.69) is 0 Å². The maximum Gasteiger partial charge on any atom is 0.343 e. The highest BCUT2D eigenvalue weighted by Gasteiger charge is 2.34. The van der Waals surface area contributed by atoms with Crippen LogP contribution in [-0.4, -0.2) is 34.4 Å². The molecule has 2 N–H and O–H groups in total. The van der Waals surface area contributed by atoms with Crippen LogP contribution in [0.1, 0.15) is 11.1 Å². The normalized spacial score (nSPS) is 13.0. The molecule has 0 aliphatic rings. The fourth-order valence-electron chi connectivity index (χ4n) is 1.94. The van der Waals surface area contributed by atoms with Gasteiger partial charge in [0.15, 0.2) is 12.2 Å². The van der Waals surface area contributed by atoms with Crippen LogP contribution in [0.3, 0.4) is 0 Å². The van der Waals surface area contributed by atoms with Gasteiger partial charge in [0.05, 0.1) is 0 Å². The Kier molecular flexibility index (Phi) is 5.68. The molecule has 2 unspecified atom stereocenters. The minimum atomic E-state index is -2.05. The Morgan fingerprint density at radius 1 is 0.750 bits per heavy atom. The molecule has 0 aliphatic carbocycles. The van der Waals surface area contributed by atoms with Crippen LogP contribution in [0.15, 0.2) is 48.5 Å². The van der Waals surface area contributed by atoms with Crippen LogP contribution < -0.4 is 9.47 Å². The fourth-order valence-corrected chi connectivity index (χ4v) is 1.94. The molecule has 0 spiro atoms. The second-order valence-electron chi connectivity index (χ2n) is 5.26. The summed E-state index contributed by atoms with van der Waals surface area (Å²) in [6, 6.07) is 13.4. The van der Waals surface area contributed by atoms with E-state index < -0.39 is 24.1 Å². The molecule has 2 aromatic rings. The standard InChI is InChI=1S/C18H18O6/c1-11-7-3-5-9-13(11)23-17(21)15(19)16(20)18(22)24-14-10-6-4-8-12(14)2/h3-10,15-16,19-20H,1-2H3. The number of benzene rings is 2. The molecule has 6 nitrogen and oxygen atoms in total. The van der Waals surface area contributed by atoms with Crippen molar-refractivity contribution in [1.82, 2.24) is 0 Å². The molecular weight excluding hydrogens is 312 g/mol. The van der Waals surface area contributed by atoms with E-state index in [-0.39, 0.29) is 11.5 Å². The Balaban J connectivity index is 2.01. The van der Waals surface area contributed by atoms with Crippen LogP contribution in [-0.2, 0) is 9.59 Å². The summed E-state index contributed by atoms with van der Waals surface area (Å²) in [6.45, 7) is 3.44. The number of aryl methyl sites for hydroxylation is 2. The van der Waals surface area contributed by atoms with E-state index in [1.54, 1.807) is 50.2 Å². The molecular formula is C18H18O6. The van der Waals surface area contributed by atoms with Crippen molar-refractivity contribution in [2.24, 2.45) is 0 Å². The highest BCUT2D eigenvalue weighted by atomic mass is 16.6. The predicted molar refractivity (Wildman–Crippen MR) is 85.6 cm³/mol. The number of carbonyl (C=O) groups is 2. The largest absolute Gasteiger partial charge is 0.424 e. The molecule has 24 heavy (non-hydrogen) atoms. The number of aliphatic hydroxyl groups is 2. The van der Waals surface area contributed by atoms with Gasteiger partial charge in [0.25, 0.3) is 0 Å². The van der Waals surface area contributed by atoms with Crippen molar-refractivity contribution in [1.29, 1.82) is 0 Å². The van der Waals surface area contributed by atoms with Gasteiger partial charge in [0.1, 0.15) is 11.5 Å². The third-order valence-electron chi connectivity index (χ3n) is 3.39. The molecule has 2 rings (SSSR count). The summed E-state index contributed by atoms with van der Waals surface area (Å²) in [7, 11) is 0. The van der Waals surface area contributed by atoms with E-state index in [4.69, 9.17) is 9.47 Å². The van der Waals surface area contributed by atoms with Crippen molar-refractivity contribution < 1.29 is 29.3 Å². The molecule has 0 bridgehead atoms. The average Bonchev–Trinajstić information content (AvgIpc) is 2.57. The summed E-state index contributed by atoms with van der Waals surface area (Å²) in [5, 5.41) is 19.7. The summed E-state index contributed by atoms with van der Waals surface area (Å²) in [5.41, 5.74) is 1.35. The number of esters is 2. The first-order chi connectivity index (χ1) is 11.4. The van der Waals surface area contributed by atoms with Gasteiger partial charge in [-0.2, -0.15) is 0 Å². The second-order valence-corrected chi connectivity index (χ2v) is 5.26. The zero-order valence-electron chi connectivity index (χ0n) is 13.3. The Labute approximate surface area is 139 Å². The van der Waals surface area contributed by atoms with Gasteiger partial charge in [-0.3, -0.25) is 0 Å². The monoisotopic (exact) mass is 330 g/mol. The SMILES string of the molecule is Cc1ccccc1OC(=O)C(O)C(O)C(=O)Oc1ccccc1C. The molecule has 0 saturated carbocycles. The van der Waals surface area contributed by atoms with Crippen molar-refractivity contribution in [3.63, 3.8) is 0 Å². The van der Waals surface area contributed by atoms with Crippen LogP contribution in [0.2, 0.25) is 0 Å². The number of aliphatic hydroxyl groups excluding tert-OH is 2. The lowest BCUT2D eigenvalue weighted by Crippen LogP contribution is -2.43. The van der Waals surface area contributed by atoms with Gasteiger partial charge in [0.2, 0.25) is 0 Å². The Hall–Kier alpha value is -2.70. The summed E-state index contributed by atoms with van der Waals surface area (Å²) >= 11 is 0. The molecule has 0 aromatic heterocycles. The van der Waals surface area contributed by atoms with Gasteiger partial charge < -0.3 is 19.7 Å². The van der Waals surface area contributed by atoms with Gasteiger partial charge in [-0.05, 0) is 37.1 Å². The molecule has 0 saturated heterocycles. The van der Waals surface area contributed by atoms with E-state index in [0.29, 0.717) is 11.1 Å². The molecule has 6 heteroatoms. The maximum atomic E-state index is 11.9. The third kappa shape index (κ3) is 4.18. The van der Waals surface area contributed by atoms with E-state index in [1.165, 1.54) is 12.1 Å². The maximum absolute atomic E-state index is 11.9. The Morgan fingerprint density at radius 2 is 1.08 bits per heavy atom. The number of hydrogen-bond acceptors (Lipinski definition) is 6. The molecule has 0 aliphatic heterocycles. The smallest absolute Gasteiger partial charge is 0.343 e. The molecule has 0 heterocycles. The van der Waals surface area contributed by atoms with Gasteiger partial charge in [-0.1, -0.05) is 36.4 Å². The molecule has 126 valence electrons. The number of para-hydroxylation sites is 2. The van der Waals surface area contributed by atoms with Crippen LogP contribution in [0.25, 0.3) is 0 Å². The fraction of sp³-hybridized carbons (Fsp3) is 0.222. The van der Waals surface area contributed by atoms with Gasteiger partial charge in [-0.15, -0.1) is 0 Å². The zero-order valence-corrected chi connectivity index (χ0v) is 13.3. The second kappa shape index (κ2) is 7.72. The van der Waals surface area contributed by atoms with E-state index >= 15 is 0 Å². The van der Waals surface area contributed by atoms with E-state index in [1.807, 2.05) is 0 Å². The van der Waals surface area contributed by atoms with Crippen molar-refractivity contribution in [2.45, 2.75) is 26.1 Å². The minimum absolute atomic E-state index is 0.237. The van der Waals surface area contributed by atoms with Crippen molar-refractivity contribution in [3.8, 4) is 11.5 Å². The van der Waals surface area contributed by atoms with E-state index in [0.717, 1.165) is 0 Å². The van der Waals surface area contributed by atoms with Crippen LogP contribution in [0.5, 0.6) is 11.5 Å². The number of hydrogen-bond donors (Lipinski definition) is 2. The summed E-state index contributed by atoms with van der Waals surface area (Å²) in [4.78, 5) is 23.8. The van der Waals surface area contributed by atoms with Gasteiger partial charge in [-0.25, -0.2) is 9.59 Å².